The van der Waals surface area contributed by atoms with Crippen LogP contribution in [-0.2, 0) is 10.0 Å². The van der Waals surface area contributed by atoms with E-state index in [0.29, 0.717) is 17.3 Å². The average molecular weight is 307 g/mol. The van der Waals surface area contributed by atoms with E-state index in [2.05, 4.69) is 9.71 Å². The summed E-state index contributed by atoms with van der Waals surface area (Å²) in [6, 6.07) is 10.3. The molecule has 0 fully saturated rings. The van der Waals surface area contributed by atoms with E-state index in [9.17, 15) is 8.42 Å². The lowest BCUT2D eigenvalue weighted by Gasteiger charge is -2.10. The number of hydrogen-bond acceptors (Lipinski definition) is 5. The van der Waals surface area contributed by atoms with E-state index in [1.54, 1.807) is 43.3 Å². The summed E-state index contributed by atoms with van der Waals surface area (Å²) in [6.07, 6.45) is 1.54. The fourth-order valence-corrected chi connectivity index (χ4v) is 2.54. The van der Waals surface area contributed by atoms with E-state index in [4.69, 9.17) is 10.5 Å². The molecule has 7 heteroatoms. The van der Waals surface area contributed by atoms with Gasteiger partial charge >= 0.3 is 0 Å². The van der Waals surface area contributed by atoms with Crippen LogP contribution < -0.4 is 15.2 Å². The van der Waals surface area contributed by atoms with E-state index < -0.39 is 10.0 Å². The number of sulfonamides is 1. The molecule has 21 heavy (non-hydrogen) atoms. The number of benzene rings is 1. The fraction of sp³-hybridized carbons (Fsp3) is 0.214. The number of aryl methyl sites for hydroxylation is 1. The molecule has 1 aromatic carbocycles. The SMILES string of the molecule is Cc1cccnc1NS(=O)(=O)CCOc1ccc(N)cc1. The first-order valence-electron chi connectivity index (χ1n) is 6.37. The van der Waals surface area contributed by atoms with Gasteiger partial charge in [-0.2, -0.15) is 0 Å². The summed E-state index contributed by atoms with van der Waals surface area (Å²) in [7, 11) is -3.50. The van der Waals surface area contributed by atoms with Crippen LogP contribution in [0.25, 0.3) is 0 Å². The molecule has 0 unspecified atom stereocenters. The van der Waals surface area contributed by atoms with Crippen molar-refractivity contribution in [3.05, 3.63) is 48.2 Å². The molecule has 0 aliphatic heterocycles. The van der Waals surface area contributed by atoms with Crippen LogP contribution in [0.1, 0.15) is 5.56 Å². The number of pyridine rings is 1. The van der Waals surface area contributed by atoms with Gasteiger partial charge in [-0.3, -0.25) is 4.72 Å². The van der Waals surface area contributed by atoms with Gasteiger partial charge in [-0.25, -0.2) is 13.4 Å². The minimum Gasteiger partial charge on any atom is -0.492 e. The van der Waals surface area contributed by atoms with Gasteiger partial charge in [0.25, 0.3) is 0 Å². The van der Waals surface area contributed by atoms with E-state index in [-0.39, 0.29) is 12.4 Å². The van der Waals surface area contributed by atoms with Crippen molar-refractivity contribution in [3.63, 3.8) is 0 Å². The van der Waals surface area contributed by atoms with E-state index in [1.165, 1.54) is 6.20 Å². The number of aromatic nitrogens is 1. The molecule has 0 radical (unpaired) electrons. The largest absolute Gasteiger partial charge is 0.492 e. The second-order valence-corrected chi connectivity index (χ2v) is 6.35. The Balaban J connectivity index is 1.90. The Bertz CT molecular complexity index is 700. The maximum Gasteiger partial charge on any atom is 0.237 e. The lowest BCUT2D eigenvalue weighted by Crippen LogP contribution is -2.22. The second kappa shape index (κ2) is 6.45. The molecular weight excluding hydrogens is 290 g/mol. The molecule has 6 nitrogen and oxygen atoms in total. The van der Waals surface area contributed by atoms with Gasteiger partial charge in [0.1, 0.15) is 23.9 Å². The molecule has 0 saturated heterocycles. The molecule has 2 aromatic rings. The first kappa shape index (κ1) is 15.1. The minimum atomic E-state index is -3.50. The Morgan fingerprint density at radius 2 is 1.95 bits per heavy atom. The van der Waals surface area contributed by atoms with Gasteiger partial charge in [0, 0.05) is 11.9 Å². The van der Waals surface area contributed by atoms with Crippen molar-refractivity contribution in [1.82, 2.24) is 4.98 Å². The van der Waals surface area contributed by atoms with Gasteiger partial charge < -0.3 is 10.5 Å². The quantitative estimate of drug-likeness (QED) is 0.793. The monoisotopic (exact) mass is 307 g/mol. The number of rotatable bonds is 6. The molecule has 112 valence electrons. The number of ether oxygens (including phenoxy) is 1. The Hall–Kier alpha value is -2.28. The highest BCUT2D eigenvalue weighted by molar-refractivity contribution is 7.92. The molecule has 0 spiro atoms. The smallest absolute Gasteiger partial charge is 0.237 e. The summed E-state index contributed by atoms with van der Waals surface area (Å²) in [5, 5.41) is 0. The first-order valence-corrected chi connectivity index (χ1v) is 8.02. The molecule has 2 rings (SSSR count). The Labute approximate surface area is 124 Å². The average Bonchev–Trinajstić information content (AvgIpc) is 2.43. The minimum absolute atomic E-state index is 0.0468. The number of nitrogens with two attached hydrogens (primary N) is 1. The van der Waals surface area contributed by atoms with E-state index in [0.717, 1.165) is 5.56 Å². The van der Waals surface area contributed by atoms with Crippen LogP contribution in [-0.4, -0.2) is 25.8 Å². The van der Waals surface area contributed by atoms with Crippen molar-refractivity contribution in [3.8, 4) is 5.75 Å². The third kappa shape index (κ3) is 4.64. The van der Waals surface area contributed by atoms with Crippen molar-refractivity contribution in [2.75, 3.05) is 22.8 Å². The molecule has 0 aliphatic carbocycles. The summed E-state index contributed by atoms with van der Waals surface area (Å²) in [4.78, 5) is 3.99. The molecule has 0 atom stereocenters. The van der Waals surface area contributed by atoms with Gasteiger partial charge in [0.2, 0.25) is 10.0 Å². The van der Waals surface area contributed by atoms with E-state index >= 15 is 0 Å². The Kier molecular flexibility index (Phi) is 4.64. The highest BCUT2D eigenvalue weighted by Crippen LogP contribution is 2.14. The van der Waals surface area contributed by atoms with Crippen molar-refractivity contribution in [2.24, 2.45) is 0 Å². The predicted octanol–water partition coefficient (Wildman–Crippen LogP) is 1.79. The zero-order valence-electron chi connectivity index (χ0n) is 11.6. The molecule has 0 amide bonds. The third-order valence-electron chi connectivity index (χ3n) is 2.76. The number of nitrogen functional groups attached to an aromatic ring is 1. The molecule has 0 saturated carbocycles. The predicted molar refractivity (Wildman–Crippen MR) is 82.7 cm³/mol. The summed E-state index contributed by atoms with van der Waals surface area (Å²) in [5.74, 6) is 0.756. The van der Waals surface area contributed by atoms with Gasteiger partial charge in [-0.1, -0.05) is 6.07 Å². The molecule has 0 bridgehead atoms. The fourth-order valence-electron chi connectivity index (χ4n) is 1.62. The third-order valence-corrected chi connectivity index (χ3v) is 3.97. The van der Waals surface area contributed by atoms with Crippen LogP contribution in [0.2, 0.25) is 0 Å². The lowest BCUT2D eigenvalue weighted by molar-refractivity contribution is 0.341. The summed E-state index contributed by atoms with van der Waals surface area (Å²) >= 11 is 0. The zero-order valence-corrected chi connectivity index (χ0v) is 12.4. The standard InChI is InChI=1S/C14H17N3O3S/c1-11-3-2-8-16-14(11)17-21(18,19)10-9-20-13-6-4-12(15)5-7-13/h2-8H,9-10,15H2,1H3,(H,16,17). The maximum absolute atomic E-state index is 11.9. The Morgan fingerprint density at radius 3 is 2.62 bits per heavy atom. The van der Waals surface area contributed by atoms with Crippen molar-refractivity contribution >= 4 is 21.5 Å². The van der Waals surface area contributed by atoms with Crippen LogP contribution in [0.4, 0.5) is 11.5 Å². The zero-order chi connectivity index (χ0) is 15.3. The lowest BCUT2D eigenvalue weighted by atomic mass is 10.3. The van der Waals surface area contributed by atoms with Crippen molar-refractivity contribution < 1.29 is 13.2 Å². The van der Waals surface area contributed by atoms with Crippen LogP contribution in [0, 0.1) is 6.92 Å². The number of nitrogens with zero attached hydrogens (tertiary/aromatic N) is 1. The van der Waals surface area contributed by atoms with Crippen LogP contribution in [0.3, 0.4) is 0 Å². The van der Waals surface area contributed by atoms with Gasteiger partial charge in [0.05, 0.1) is 0 Å². The molecule has 1 heterocycles. The van der Waals surface area contributed by atoms with Gasteiger partial charge in [-0.05, 0) is 42.8 Å². The number of anilines is 2. The van der Waals surface area contributed by atoms with E-state index in [1.807, 2.05) is 0 Å². The second-order valence-electron chi connectivity index (χ2n) is 4.51. The highest BCUT2D eigenvalue weighted by atomic mass is 32.2. The molecule has 3 N–H and O–H groups in total. The number of nitrogens with one attached hydrogen (secondary N) is 1. The maximum atomic E-state index is 11.9. The Morgan fingerprint density at radius 1 is 1.24 bits per heavy atom. The number of hydrogen-bond donors (Lipinski definition) is 2. The molecule has 1 aromatic heterocycles. The van der Waals surface area contributed by atoms with Gasteiger partial charge in [0.15, 0.2) is 0 Å². The topological polar surface area (TPSA) is 94.3 Å². The van der Waals surface area contributed by atoms with Crippen molar-refractivity contribution in [2.45, 2.75) is 6.92 Å². The summed E-state index contributed by atoms with van der Waals surface area (Å²) in [6.45, 7) is 1.83. The normalized spacial score (nSPS) is 11.1. The molecular formula is C14H17N3O3S. The van der Waals surface area contributed by atoms with Crippen LogP contribution >= 0.6 is 0 Å². The molecule has 0 aliphatic rings. The van der Waals surface area contributed by atoms with Crippen LogP contribution in [0.15, 0.2) is 42.6 Å². The summed E-state index contributed by atoms with van der Waals surface area (Å²) in [5.41, 5.74) is 6.95. The highest BCUT2D eigenvalue weighted by Gasteiger charge is 2.12. The van der Waals surface area contributed by atoms with Crippen LogP contribution in [0.5, 0.6) is 5.75 Å². The van der Waals surface area contributed by atoms with Gasteiger partial charge in [-0.15, -0.1) is 0 Å². The summed E-state index contributed by atoms with van der Waals surface area (Å²) < 4.78 is 31.7. The van der Waals surface area contributed by atoms with Crippen molar-refractivity contribution in [1.29, 1.82) is 0 Å². The first-order chi connectivity index (χ1) is 9.96.